The zero-order valence-corrected chi connectivity index (χ0v) is 15.8. The van der Waals surface area contributed by atoms with Gasteiger partial charge in [-0.3, -0.25) is 14.9 Å². The molecule has 2 N–H and O–H groups in total. The number of hydrogen-bond donors (Lipinski definition) is 2. The molecule has 1 aromatic heterocycles. The molecule has 3 aromatic rings. The summed E-state index contributed by atoms with van der Waals surface area (Å²) >= 11 is 0. The Kier molecular flexibility index (Phi) is 5.66. The van der Waals surface area contributed by atoms with Crippen molar-refractivity contribution in [3.05, 3.63) is 65.8 Å². The maximum atomic E-state index is 12.9. The fraction of sp³-hybridized carbons (Fsp3) is 0.200. The maximum Gasteiger partial charge on any atom is 0.322 e. The van der Waals surface area contributed by atoms with Crippen molar-refractivity contribution < 1.29 is 23.1 Å². The normalized spacial score (nSPS) is 13.7. The average Bonchev–Trinajstić information content (AvgIpc) is 3.24. The fourth-order valence-corrected chi connectivity index (χ4v) is 2.90. The summed E-state index contributed by atoms with van der Waals surface area (Å²) in [7, 11) is 0. The predicted octanol–water partition coefficient (Wildman–Crippen LogP) is 2.55. The van der Waals surface area contributed by atoms with Gasteiger partial charge in [-0.15, -0.1) is 5.10 Å². The molecule has 30 heavy (non-hydrogen) atoms. The van der Waals surface area contributed by atoms with Gasteiger partial charge in [0.05, 0.1) is 13.2 Å². The summed E-state index contributed by atoms with van der Waals surface area (Å²) < 4.78 is 23.5. The van der Waals surface area contributed by atoms with Crippen LogP contribution in [0.4, 0.5) is 21.8 Å². The molecule has 10 heteroatoms. The predicted molar refractivity (Wildman–Crippen MR) is 106 cm³/mol. The number of carbonyl (C=O) groups excluding carboxylic acids is 2. The molecule has 0 aliphatic carbocycles. The molecule has 0 radical (unpaired) electrons. The van der Waals surface area contributed by atoms with E-state index in [1.165, 1.54) is 12.1 Å². The van der Waals surface area contributed by atoms with E-state index in [4.69, 9.17) is 9.15 Å². The molecule has 2 amide bonds. The first-order chi connectivity index (χ1) is 14.6. The van der Waals surface area contributed by atoms with E-state index in [1.54, 1.807) is 12.1 Å². The number of halogens is 1. The van der Waals surface area contributed by atoms with Crippen molar-refractivity contribution >= 4 is 29.2 Å². The van der Waals surface area contributed by atoms with Crippen molar-refractivity contribution in [3.8, 4) is 0 Å². The minimum atomic E-state index is -0.607. The standard InChI is InChI=1S/C20H18FN5O4/c21-14-3-1-13(2-4-14)17(27)23-20-25-24-19(30-20)18(28)22-15-5-7-16(8-6-15)26-9-11-29-12-10-26/h1-8H,9-12H2,(H,22,28)(H,23,25,27). The van der Waals surface area contributed by atoms with E-state index < -0.39 is 17.6 Å². The topological polar surface area (TPSA) is 110 Å². The van der Waals surface area contributed by atoms with Gasteiger partial charge in [-0.1, -0.05) is 5.10 Å². The van der Waals surface area contributed by atoms with Crippen LogP contribution in [0.3, 0.4) is 0 Å². The van der Waals surface area contributed by atoms with Gasteiger partial charge in [-0.25, -0.2) is 4.39 Å². The first-order valence-corrected chi connectivity index (χ1v) is 9.23. The molecule has 1 aliphatic heterocycles. The number of anilines is 3. The van der Waals surface area contributed by atoms with Gasteiger partial charge in [-0.05, 0) is 48.5 Å². The molecular weight excluding hydrogens is 393 g/mol. The van der Waals surface area contributed by atoms with Gasteiger partial charge in [0, 0.05) is 30.0 Å². The molecule has 2 aromatic carbocycles. The molecule has 0 unspecified atom stereocenters. The Balaban J connectivity index is 1.35. The van der Waals surface area contributed by atoms with Gasteiger partial charge >= 0.3 is 17.8 Å². The Labute approximate surface area is 170 Å². The Morgan fingerprint density at radius 2 is 1.60 bits per heavy atom. The van der Waals surface area contributed by atoms with Gasteiger partial charge in [0.15, 0.2) is 0 Å². The number of carbonyl (C=O) groups is 2. The largest absolute Gasteiger partial charge is 0.399 e. The van der Waals surface area contributed by atoms with Gasteiger partial charge < -0.3 is 19.4 Å². The van der Waals surface area contributed by atoms with Crippen molar-refractivity contribution in [2.24, 2.45) is 0 Å². The van der Waals surface area contributed by atoms with E-state index in [-0.39, 0.29) is 17.5 Å². The number of hydrogen-bond acceptors (Lipinski definition) is 7. The van der Waals surface area contributed by atoms with E-state index in [0.717, 1.165) is 30.9 Å². The molecule has 4 rings (SSSR count). The highest BCUT2D eigenvalue weighted by Gasteiger charge is 2.18. The monoisotopic (exact) mass is 411 g/mol. The summed E-state index contributed by atoms with van der Waals surface area (Å²) in [6, 6.07) is 12.1. The molecule has 0 saturated carbocycles. The number of benzene rings is 2. The van der Waals surface area contributed by atoms with Crippen molar-refractivity contribution in [1.29, 1.82) is 0 Å². The minimum Gasteiger partial charge on any atom is -0.399 e. The second-order valence-corrected chi connectivity index (χ2v) is 6.47. The number of nitrogens with zero attached hydrogens (tertiary/aromatic N) is 3. The summed E-state index contributed by atoms with van der Waals surface area (Å²) in [6.45, 7) is 3.02. The number of aromatic nitrogens is 2. The van der Waals surface area contributed by atoms with Crippen molar-refractivity contribution in [2.75, 3.05) is 41.8 Å². The van der Waals surface area contributed by atoms with Crippen LogP contribution in [0.25, 0.3) is 0 Å². The lowest BCUT2D eigenvalue weighted by atomic mass is 10.2. The lowest BCUT2D eigenvalue weighted by molar-refractivity contribution is 0.0983. The van der Waals surface area contributed by atoms with Crippen LogP contribution in [-0.4, -0.2) is 48.3 Å². The van der Waals surface area contributed by atoms with Gasteiger partial charge in [0.1, 0.15) is 5.82 Å². The zero-order valence-electron chi connectivity index (χ0n) is 15.8. The first kappa shape index (κ1) is 19.5. The zero-order chi connectivity index (χ0) is 20.9. The maximum absolute atomic E-state index is 12.9. The third-order valence-electron chi connectivity index (χ3n) is 4.45. The molecule has 9 nitrogen and oxygen atoms in total. The number of rotatable bonds is 5. The third kappa shape index (κ3) is 4.61. The summed E-state index contributed by atoms with van der Waals surface area (Å²) in [5, 5.41) is 12.3. The van der Waals surface area contributed by atoms with Crippen LogP contribution in [-0.2, 0) is 4.74 Å². The Hall–Kier alpha value is -3.79. The summed E-state index contributed by atoms with van der Waals surface area (Å²) in [5.74, 6) is -1.93. The molecule has 1 aliphatic rings. The second kappa shape index (κ2) is 8.70. The van der Waals surface area contributed by atoms with Crippen molar-refractivity contribution in [1.82, 2.24) is 10.2 Å². The van der Waals surface area contributed by atoms with Crippen molar-refractivity contribution in [3.63, 3.8) is 0 Å². The summed E-state index contributed by atoms with van der Waals surface area (Å²) in [4.78, 5) is 26.6. The highest BCUT2D eigenvalue weighted by Crippen LogP contribution is 2.19. The lowest BCUT2D eigenvalue weighted by Gasteiger charge is -2.28. The number of nitrogens with one attached hydrogen (secondary N) is 2. The first-order valence-electron chi connectivity index (χ1n) is 9.23. The molecule has 1 fully saturated rings. The highest BCUT2D eigenvalue weighted by molar-refractivity contribution is 6.04. The van der Waals surface area contributed by atoms with E-state index in [2.05, 4.69) is 25.7 Å². The SMILES string of the molecule is O=C(Nc1nnc(C(=O)Nc2ccc(N3CCOCC3)cc2)o1)c1ccc(F)cc1. The summed E-state index contributed by atoms with van der Waals surface area (Å²) in [6.07, 6.45) is 0. The van der Waals surface area contributed by atoms with E-state index in [0.29, 0.717) is 18.9 Å². The van der Waals surface area contributed by atoms with Gasteiger partial charge in [0.25, 0.3) is 5.91 Å². The average molecular weight is 411 g/mol. The molecule has 2 heterocycles. The highest BCUT2D eigenvalue weighted by atomic mass is 19.1. The Bertz CT molecular complexity index is 1030. The van der Waals surface area contributed by atoms with Crippen LogP contribution in [0.1, 0.15) is 21.0 Å². The quantitative estimate of drug-likeness (QED) is 0.664. The Morgan fingerprint density at radius 3 is 2.30 bits per heavy atom. The van der Waals surface area contributed by atoms with Crippen LogP contribution >= 0.6 is 0 Å². The number of morpholine rings is 1. The van der Waals surface area contributed by atoms with Crippen molar-refractivity contribution in [2.45, 2.75) is 0 Å². The molecule has 154 valence electrons. The van der Waals surface area contributed by atoms with E-state index in [9.17, 15) is 14.0 Å². The third-order valence-corrected chi connectivity index (χ3v) is 4.45. The van der Waals surface area contributed by atoms with E-state index in [1.807, 2.05) is 12.1 Å². The van der Waals surface area contributed by atoms with Gasteiger partial charge in [0.2, 0.25) is 0 Å². The smallest absolute Gasteiger partial charge is 0.322 e. The summed E-state index contributed by atoms with van der Waals surface area (Å²) in [5.41, 5.74) is 1.81. The van der Waals surface area contributed by atoms with Gasteiger partial charge in [-0.2, -0.15) is 0 Å². The van der Waals surface area contributed by atoms with Crippen LogP contribution in [0.5, 0.6) is 0 Å². The fourth-order valence-electron chi connectivity index (χ4n) is 2.90. The Morgan fingerprint density at radius 1 is 0.900 bits per heavy atom. The molecule has 0 bridgehead atoms. The van der Waals surface area contributed by atoms with E-state index >= 15 is 0 Å². The molecule has 0 spiro atoms. The van der Waals surface area contributed by atoms with Crippen LogP contribution < -0.4 is 15.5 Å². The lowest BCUT2D eigenvalue weighted by Crippen LogP contribution is -2.36. The molecular formula is C20H18FN5O4. The second-order valence-electron chi connectivity index (χ2n) is 6.47. The minimum absolute atomic E-state index is 0.209. The van der Waals surface area contributed by atoms with Crippen LogP contribution in [0.2, 0.25) is 0 Å². The molecule has 1 saturated heterocycles. The number of ether oxygens (including phenoxy) is 1. The van der Waals surface area contributed by atoms with Crippen LogP contribution in [0, 0.1) is 5.82 Å². The number of amides is 2. The van der Waals surface area contributed by atoms with Crippen LogP contribution in [0.15, 0.2) is 52.9 Å². The molecule has 0 atom stereocenters.